The standard InChI is InChI=1S/C20H23N3O3S/c1-3-23(4-2)27(25,26)19-12-8-11-18(15-19)20(24)22(14-13-21)16-17-9-6-5-7-10-17/h5-12,15H,3-4,14,16H2,1-2H3. The van der Waals surface area contributed by atoms with Gasteiger partial charge in [0.05, 0.1) is 11.0 Å². The number of benzene rings is 2. The zero-order valence-corrected chi connectivity index (χ0v) is 16.3. The van der Waals surface area contributed by atoms with Crippen LogP contribution in [0, 0.1) is 11.3 Å². The fourth-order valence-corrected chi connectivity index (χ4v) is 4.28. The second kappa shape index (κ2) is 9.31. The summed E-state index contributed by atoms with van der Waals surface area (Å²) in [4.78, 5) is 14.4. The molecule has 0 unspecified atom stereocenters. The molecule has 2 aromatic rings. The van der Waals surface area contributed by atoms with Crippen molar-refractivity contribution in [1.82, 2.24) is 9.21 Å². The highest BCUT2D eigenvalue weighted by Gasteiger charge is 2.24. The van der Waals surface area contributed by atoms with Crippen LogP contribution in [0.5, 0.6) is 0 Å². The minimum Gasteiger partial charge on any atom is -0.321 e. The summed E-state index contributed by atoms with van der Waals surface area (Å²) >= 11 is 0. The lowest BCUT2D eigenvalue weighted by atomic mass is 10.1. The predicted molar refractivity (Wildman–Crippen MR) is 103 cm³/mol. The van der Waals surface area contributed by atoms with Crippen LogP contribution in [0.1, 0.15) is 29.8 Å². The van der Waals surface area contributed by atoms with Crippen molar-refractivity contribution in [3.63, 3.8) is 0 Å². The van der Waals surface area contributed by atoms with Gasteiger partial charge in [0.2, 0.25) is 10.0 Å². The average molecular weight is 385 g/mol. The molecule has 2 aromatic carbocycles. The Kier molecular flexibility index (Phi) is 7.11. The Morgan fingerprint density at radius 1 is 1.04 bits per heavy atom. The third kappa shape index (κ3) is 4.94. The maximum absolute atomic E-state index is 12.9. The maximum Gasteiger partial charge on any atom is 0.255 e. The maximum atomic E-state index is 12.9. The Labute approximate surface area is 160 Å². The number of nitriles is 1. The molecule has 0 aliphatic carbocycles. The molecule has 27 heavy (non-hydrogen) atoms. The third-order valence-electron chi connectivity index (χ3n) is 4.19. The van der Waals surface area contributed by atoms with E-state index in [0.717, 1.165) is 5.56 Å². The third-order valence-corrected chi connectivity index (χ3v) is 6.24. The molecule has 0 atom stereocenters. The van der Waals surface area contributed by atoms with Gasteiger partial charge in [-0.05, 0) is 23.8 Å². The summed E-state index contributed by atoms with van der Waals surface area (Å²) in [7, 11) is -3.66. The van der Waals surface area contributed by atoms with E-state index in [9.17, 15) is 13.2 Å². The van der Waals surface area contributed by atoms with Crippen molar-refractivity contribution in [2.24, 2.45) is 0 Å². The Morgan fingerprint density at radius 2 is 1.70 bits per heavy atom. The molecule has 0 spiro atoms. The summed E-state index contributed by atoms with van der Waals surface area (Å²) < 4.78 is 26.7. The lowest BCUT2D eigenvalue weighted by molar-refractivity contribution is 0.0764. The van der Waals surface area contributed by atoms with E-state index in [1.807, 2.05) is 36.4 Å². The van der Waals surface area contributed by atoms with Crippen molar-refractivity contribution in [2.75, 3.05) is 19.6 Å². The number of carbonyl (C=O) groups excluding carboxylic acids is 1. The molecule has 7 heteroatoms. The highest BCUT2D eigenvalue weighted by Crippen LogP contribution is 2.18. The molecule has 2 rings (SSSR count). The van der Waals surface area contributed by atoms with Gasteiger partial charge in [-0.15, -0.1) is 0 Å². The average Bonchev–Trinajstić information content (AvgIpc) is 2.69. The van der Waals surface area contributed by atoms with Crippen molar-refractivity contribution >= 4 is 15.9 Å². The molecule has 0 bridgehead atoms. The highest BCUT2D eigenvalue weighted by molar-refractivity contribution is 7.89. The summed E-state index contributed by atoms with van der Waals surface area (Å²) in [5.41, 5.74) is 1.14. The molecule has 0 heterocycles. The molecule has 0 aliphatic heterocycles. The van der Waals surface area contributed by atoms with E-state index in [1.165, 1.54) is 21.3 Å². The second-order valence-corrected chi connectivity index (χ2v) is 7.86. The fourth-order valence-electron chi connectivity index (χ4n) is 2.77. The van der Waals surface area contributed by atoms with Gasteiger partial charge >= 0.3 is 0 Å². The first kappa shape index (κ1) is 20.6. The normalized spacial score (nSPS) is 11.2. The number of carbonyl (C=O) groups is 1. The molecular formula is C20H23N3O3S. The molecule has 1 amide bonds. The minimum atomic E-state index is -3.66. The van der Waals surface area contributed by atoms with Gasteiger partial charge in [-0.1, -0.05) is 50.2 Å². The molecule has 6 nitrogen and oxygen atoms in total. The summed E-state index contributed by atoms with van der Waals surface area (Å²) in [6.45, 7) is 4.44. The van der Waals surface area contributed by atoms with E-state index in [4.69, 9.17) is 5.26 Å². The summed E-state index contributed by atoms with van der Waals surface area (Å²) in [6, 6.07) is 17.3. The van der Waals surface area contributed by atoms with Crippen molar-refractivity contribution in [2.45, 2.75) is 25.3 Å². The van der Waals surface area contributed by atoms with E-state index in [0.29, 0.717) is 13.1 Å². The van der Waals surface area contributed by atoms with Crippen LogP contribution in [-0.2, 0) is 16.6 Å². The van der Waals surface area contributed by atoms with Crippen LogP contribution < -0.4 is 0 Å². The predicted octanol–water partition coefficient (Wildman–Crippen LogP) is 2.88. The smallest absolute Gasteiger partial charge is 0.255 e. The van der Waals surface area contributed by atoms with Gasteiger partial charge < -0.3 is 4.90 Å². The molecule has 0 saturated carbocycles. The van der Waals surface area contributed by atoms with Crippen molar-refractivity contribution < 1.29 is 13.2 Å². The van der Waals surface area contributed by atoms with E-state index in [2.05, 4.69) is 0 Å². The van der Waals surface area contributed by atoms with Gasteiger partial charge in [0.25, 0.3) is 5.91 Å². The van der Waals surface area contributed by atoms with Crippen LogP contribution in [-0.4, -0.2) is 43.2 Å². The molecule has 0 saturated heterocycles. The zero-order chi connectivity index (χ0) is 19.9. The molecule has 0 radical (unpaired) electrons. The topological polar surface area (TPSA) is 81.5 Å². The number of rotatable bonds is 8. The largest absolute Gasteiger partial charge is 0.321 e. The van der Waals surface area contributed by atoms with Crippen LogP contribution in [0.15, 0.2) is 59.5 Å². The van der Waals surface area contributed by atoms with Gasteiger partial charge in [0.15, 0.2) is 0 Å². The van der Waals surface area contributed by atoms with Crippen molar-refractivity contribution in [1.29, 1.82) is 5.26 Å². The first-order valence-corrected chi connectivity index (χ1v) is 10.2. The Morgan fingerprint density at radius 3 is 2.30 bits per heavy atom. The zero-order valence-electron chi connectivity index (χ0n) is 15.5. The number of sulfonamides is 1. The number of hydrogen-bond donors (Lipinski definition) is 0. The Bertz CT molecular complexity index is 917. The molecule has 0 aromatic heterocycles. The molecular weight excluding hydrogens is 362 g/mol. The van der Waals surface area contributed by atoms with Gasteiger partial charge in [0.1, 0.15) is 6.54 Å². The number of amides is 1. The van der Waals surface area contributed by atoms with Crippen LogP contribution >= 0.6 is 0 Å². The monoisotopic (exact) mass is 385 g/mol. The summed E-state index contributed by atoms with van der Waals surface area (Å²) in [6.07, 6.45) is 0. The lowest BCUT2D eigenvalue weighted by Gasteiger charge is -2.21. The molecule has 0 N–H and O–H groups in total. The van der Waals surface area contributed by atoms with E-state index >= 15 is 0 Å². The number of nitrogens with zero attached hydrogens (tertiary/aromatic N) is 3. The van der Waals surface area contributed by atoms with E-state index in [1.54, 1.807) is 26.0 Å². The summed E-state index contributed by atoms with van der Waals surface area (Å²) in [5.74, 6) is -0.378. The van der Waals surface area contributed by atoms with Crippen molar-refractivity contribution in [3.05, 3.63) is 65.7 Å². The van der Waals surface area contributed by atoms with E-state index < -0.39 is 10.0 Å². The number of hydrogen-bond acceptors (Lipinski definition) is 4. The van der Waals surface area contributed by atoms with Crippen LogP contribution in [0.25, 0.3) is 0 Å². The first-order chi connectivity index (χ1) is 12.9. The minimum absolute atomic E-state index is 0.0775. The molecule has 0 fully saturated rings. The molecule has 0 aliphatic rings. The van der Waals surface area contributed by atoms with Crippen molar-refractivity contribution in [3.8, 4) is 6.07 Å². The SMILES string of the molecule is CCN(CC)S(=O)(=O)c1cccc(C(=O)N(CC#N)Cc2ccccc2)c1. The van der Waals surface area contributed by atoms with Gasteiger partial charge in [0, 0.05) is 25.2 Å². The highest BCUT2D eigenvalue weighted by atomic mass is 32.2. The fraction of sp³-hybridized carbons (Fsp3) is 0.300. The molecule has 142 valence electrons. The van der Waals surface area contributed by atoms with Crippen LogP contribution in [0.3, 0.4) is 0 Å². The van der Waals surface area contributed by atoms with Crippen LogP contribution in [0.2, 0.25) is 0 Å². The van der Waals surface area contributed by atoms with Crippen LogP contribution in [0.4, 0.5) is 0 Å². The lowest BCUT2D eigenvalue weighted by Crippen LogP contribution is -2.32. The quantitative estimate of drug-likeness (QED) is 0.654. The Balaban J connectivity index is 2.33. The van der Waals surface area contributed by atoms with Gasteiger partial charge in [-0.3, -0.25) is 4.79 Å². The first-order valence-electron chi connectivity index (χ1n) is 8.74. The van der Waals surface area contributed by atoms with Gasteiger partial charge in [-0.2, -0.15) is 9.57 Å². The Hall–Kier alpha value is -2.69. The van der Waals surface area contributed by atoms with Gasteiger partial charge in [-0.25, -0.2) is 8.42 Å². The second-order valence-electron chi connectivity index (χ2n) is 5.92. The summed E-state index contributed by atoms with van der Waals surface area (Å²) in [5, 5.41) is 9.08. The van der Waals surface area contributed by atoms with E-state index in [-0.39, 0.29) is 29.5 Å².